The summed E-state index contributed by atoms with van der Waals surface area (Å²) in [4.78, 5) is 0. The van der Waals surface area contributed by atoms with Crippen molar-refractivity contribution in [3.8, 4) is 0 Å². The number of aliphatic hydroxyl groups is 1. The number of hydrogen-bond donors (Lipinski definition) is 1. The Labute approximate surface area is 106 Å². The van der Waals surface area contributed by atoms with E-state index in [1.165, 1.54) is 12.1 Å². The molecule has 1 aromatic rings. The Morgan fingerprint density at radius 2 is 1.67 bits per heavy atom. The van der Waals surface area contributed by atoms with Crippen molar-refractivity contribution in [2.75, 3.05) is 6.61 Å². The molecule has 0 saturated heterocycles. The summed E-state index contributed by atoms with van der Waals surface area (Å²) in [6.07, 6.45) is -2.83. The Hall–Kier alpha value is -1.03. The lowest BCUT2D eigenvalue weighted by Crippen LogP contribution is -2.08. The van der Waals surface area contributed by atoms with Gasteiger partial charge in [0.1, 0.15) is 0 Å². The molecule has 0 bridgehead atoms. The van der Waals surface area contributed by atoms with Gasteiger partial charge in [0.05, 0.1) is 5.56 Å². The van der Waals surface area contributed by atoms with Gasteiger partial charge >= 0.3 is 6.18 Å². The largest absolute Gasteiger partial charge is 0.416 e. The maximum atomic E-state index is 12.4. The quantitative estimate of drug-likeness (QED) is 0.840. The van der Waals surface area contributed by atoms with Gasteiger partial charge in [0, 0.05) is 6.61 Å². The molecule has 0 amide bonds. The summed E-state index contributed by atoms with van der Waals surface area (Å²) in [5.41, 5.74) is 0.240. The minimum Gasteiger partial charge on any atom is -0.396 e. The molecule has 0 aromatic heterocycles. The maximum Gasteiger partial charge on any atom is 0.416 e. The number of halogens is 3. The van der Waals surface area contributed by atoms with Gasteiger partial charge in [0.25, 0.3) is 0 Å². The van der Waals surface area contributed by atoms with Crippen LogP contribution in [0.15, 0.2) is 24.3 Å². The summed E-state index contributed by atoms with van der Waals surface area (Å²) in [5.74, 6) is 0.570. The van der Waals surface area contributed by atoms with Gasteiger partial charge in [0.2, 0.25) is 0 Å². The third-order valence-corrected chi connectivity index (χ3v) is 2.94. The highest BCUT2D eigenvalue weighted by Crippen LogP contribution is 2.32. The summed E-state index contributed by atoms with van der Waals surface area (Å²) in [5, 5.41) is 9.01. The standard InChI is InChI=1S/C14H19F3O/c1-10(2)9-12(7-8-18)11-3-5-13(6-4-11)14(15,16)17/h3-6,10,12,18H,7-9H2,1-2H3. The summed E-state index contributed by atoms with van der Waals surface area (Å²) < 4.78 is 37.3. The van der Waals surface area contributed by atoms with E-state index in [4.69, 9.17) is 5.11 Å². The zero-order valence-corrected chi connectivity index (χ0v) is 10.7. The van der Waals surface area contributed by atoms with E-state index in [0.29, 0.717) is 12.3 Å². The highest BCUT2D eigenvalue weighted by Gasteiger charge is 2.30. The molecule has 0 aliphatic carbocycles. The van der Waals surface area contributed by atoms with E-state index in [-0.39, 0.29) is 12.5 Å². The normalized spacial score (nSPS) is 13.9. The average molecular weight is 260 g/mol. The molecule has 1 aromatic carbocycles. The molecular weight excluding hydrogens is 241 g/mol. The molecule has 0 aliphatic heterocycles. The third-order valence-electron chi connectivity index (χ3n) is 2.94. The van der Waals surface area contributed by atoms with Crippen LogP contribution in [-0.4, -0.2) is 11.7 Å². The minimum atomic E-state index is -4.29. The predicted octanol–water partition coefficient (Wildman–Crippen LogP) is 4.22. The first-order chi connectivity index (χ1) is 8.34. The van der Waals surface area contributed by atoms with Crippen molar-refractivity contribution in [3.63, 3.8) is 0 Å². The van der Waals surface area contributed by atoms with E-state index >= 15 is 0 Å². The molecule has 1 rings (SSSR count). The molecule has 0 aliphatic rings. The number of benzene rings is 1. The second-order valence-electron chi connectivity index (χ2n) is 4.96. The SMILES string of the molecule is CC(C)CC(CCO)c1ccc(C(F)(F)F)cc1. The average Bonchev–Trinajstić information content (AvgIpc) is 2.27. The molecule has 18 heavy (non-hydrogen) atoms. The first-order valence-electron chi connectivity index (χ1n) is 6.12. The Bertz CT molecular complexity index is 354. The van der Waals surface area contributed by atoms with E-state index < -0.39 is 11.7 Å². The summed E-state index contributed by atoms with van der Waals surface area (Å²) in [7, 11) is 0. The number of rotatable bonds is 5. The van der Waals surface area contributed by atoms with Gasteiger partial charge in [0.15, 0.2) is 0 Å². The highest BCUT2D eigenvalue weighted by molar-refractivity contribution is 5.27. The molecule has 4 heteroatoms. The van der Waals surface area contributed by atoms with Crippen molar-refractivity contribution in [1.29, 1.82) is 0 Å². The number of aliphatic hydroxyl groups excluding tert-OH is 1. The highest BCUT2D eigenvalue weighted by atomic mass is 19.4. The molecule has 0 saturated carbocycles. The molecule has 102 valence electrons. The summed E-state index contributed by atoms with van der Waals surface area (Å²) in [6, 6.07) is 5.26. The third kappa shape index (κ3) is 4.33. The van der Waals surface area contributed by atoms with Crippen LogP contribution in [-0.2, 0) is 6.18 Å². The fourth-order valence-electron chi connectivity index (χ4n) is 2.09. The number of alkyl halides is 3. The van der Waals surface area contributed by atoms with E-state index in [2.05, 4.69) is 13.8 Å². The maximum absolute atomic E-state index is 12.4. The molecule has 0 radical (unpaired) electrons. The number of hydrogen-bond acceptors (Lipinski definition) is 1. The lowest BCUT2D eigenvalue weighted by atomic mass is 9.87. The fraction of sp³-hybridized carbons (Fsp3) is 0.571. The Morgan fingerprint density at radius 3 is 2.06 bits per heavy atom. The first-order valence-corrected chi connectivity index (χ1v) is 6.12. The second-order valence-corrected chi connectivity index (χ2v) is 4.96. The van der Waals surface area contributed by atoms with Gasteiger partial charge in [-0.25, -0.2) is 0 Å². The fourth-order valence-corrected chi connectivity index (χ4v) is 2.09. The van der Waals surface area contributed by atoms with E-state index in [1.54, 1.807) is 0 Å². The summed E-state index contributed by atoms with van der Waals surface area (Å²) in [6.45, 7) is 4.18. The van der Waals surface area contributed by atoms with E-state index in [0.717, 1.165) is 24.1 Å². The molecular formula is C14H19F3O. The van der Waals surface area contributed by atoms with Crippen molar-refractivity contribution in [1.82, 2.24) is 0 Å². The zero-order chi connectivity index (χ0) is 13.8. The summed E-state index contributed by atoms with van der Waals surface area (Å²) >= 11 is 0. The van der Waals surface area contributed by atoms with Crippen LogP contribution in [0.1, 0.15) is 43.7 Å². The second kappa shape index (κ2) is 6.23. The Kier molecular flexibility index (Phi) is 5.20. The van der Waals surface area contributed by atoms with Crippen molar-refractivity contribution >= 4 is 0 Å². The molecule has 1 nitrogen and oxygen atoms in total. The lowest BCUT2D eigenvalue weighted by molar-refractivity contribution is -0.137. The van der Waals surface area contributed by atoms with Crippen LogP contribution in [0.3, 0.4) is 0 Å². The smallest absolute Gasteiger partial charge is 0.396 e. The molecule has 1 unspecified atom stereocenters. The van der Waals surface area contributed by atoms with Gasteiger partial charge in [-0.05, 0) is 42.4 Å². The van der Waals surface area contributed by atoms with Crippen molar-refractivity contribution < 1.29 is 18.3 Å². The molecule has 1 atom stereocenters. The zero-order valence-electron chi connectivity index (χ0n) is 10.7. The van der Waals surface area contributed by atoms with Crippen molar-refractivity contribution in [2.45, 2.75) is 38.8 Å². The molecule has 0 fully saturated rings. The van der Waals surface area contributed by atoms with Crippen LogP contribution in [0.2, 0.25) is 0 Å². The molecule has 0 spiro atoms. The van der Waals surface area contributed by atoms with Crippen LogP contribution in [0, 0.1) is 5.92 Å². The van der Waals surface area contributed by atoms with Crippen molar-refractivity contribution in [3.05, 3.63) is 35.4 Å². The lowest BCUT2D eigenvalue weighted by Gasteiger charge is -2.19. The predicted molar refractivity (Wildman–Crippen MR) is 65.3 cm³/mol. The van der Waals surface area contributed by atoms with Crippen LogP contribution >= 0.6 is 0 Å². The minimum absolute atomic E-state index is 0.0540. The van der Waals surface area contributed by atoms with Gasteiger partial charge in [-0.15, -0.1) is 0 Å². The van der Waals surface area contributed by atoms with Gasteiger partial charge in [-0.3, -0.25) is 0 Å². The van der Waals surface area contributed by atoms with Gasteiger partial charge < -0.3 is 5.11 Å². The molecule has 0 heterocycles. The first kappa shape index (κ1) is 15.0. The van der Waals surface area contributed by atoms with Crippen LogP contribution < -0.4 is 0 Å². The Morgan fingerprint density at radius 1 is 1.11 bits per heavy atom. The van der Waals surface area contributed by atoms with Crippen molar-refractivity contribution in [2.24, 2.45) is 5.92 Å². The molecule has 1 N–H and O–H groups in total. The van der Waals surface area contributed by atoms with E-state index in [1.807, 2.05) is 0 Å². The van der Waals surface area contributed by atoms with Gasteiger partial charge in [-0.2, -0.15) is 13.2 Å². The topological polar surface area (TPSA) is 20.2 Å². The van der Waals surface area contributed by atoms with Crippen LogP contribution in [0.4, 0.5) is 13.2 Å². The van der Waals surface area contributed by atoms with E-state index in [9.17, 15) is 13.2 Å². The van der Waals surface area contributed by atoms with Gasteiger partial charge in [-0.1, -0.05) is 26.0 Å². The van der Waals surface area contributed by atoms with Crippen LogP contribution in [0.5, 0.6) is 0 Å². The van der Waals surface area contributed by atoms with Crippen LogP contribution in [0.25, 0.3) is 0 Å². The Balaban J connectivity index is 2.86. The monoisotopic (exact) mass is 260 g/mol.